The molecule has 7 heteroatoms. The summed E-state index contributed by atoms with van der Waals surface area (Å²) < 4.78 is 0. The van der Waals surface area contributed by atoms with Crippen LogP contribution in [0.4, 0.5) is 4.79 Å². The number of unbranched alkanes of at least 4 members (excludes halogenated alkanes) is 8. The van der Waals surface area contributed by atoms with E-state index in [9.17, 15) is 9.59 Å². The molecule has 0 saturated carbocycles. The second-order valence-electron chi connectivity index (χ2n) is 4.53. The SMILES string of the molecule is CCCCCCCCCCCC(=O)ONC(=O)[S][Mo].[Co]. The molecule has 0 saturated heterocycles. The largest absolute Gasteiger partial charge is 0 e. The zero-order valence-corrected chi connectivity index (χ0v) is 15.8. The van der Waals surface area contributed by atoms with E-state index in [4.69, 9.17) is 0 Å². The quantitative estimate of drug-likeness (QED) is 0.320. The van der Waals surface area contributed by atoms with Crippen molar-refractivity contribution in [1.82, 2.24) is 5.48 Å². The molecule has 0 rings (SSSR count). The first kappa shape index (κ1) is 22.8. The molecule has 0 aromatic heterocycles. The van der Waals surface area contributed by atoms with Crippen molar-refractivity contribution in [2.45, 2.75) is 71.1 Å². The van der Waals surface area contributed by atoms with Crippen molar-refractivity contribution in [3.05, 3.63) is 0 Å². The molecule has 0 atom stereocenters. The molecule has 1 N–H and O–H groups in total. The van der Waals surface area contributed by atoms with Gasteiger partial charge in [-0.05, 0) is 0 Å². The zero-order chi connectivity index (χ0) is 14.3. The number of amides is 1. The van der Waals surface area contributed by atoms with Gasteiger partial charge in [0, 0.05) is 16.8 Å². The topological polar surface area (TPSA) is 55.4 Å². The van der Waals surface area contributed by atoms with Crippen molar-refractivity contribution in [3.8, 4) is 0 Å². The Balaban J connectivity index is 0. The van der Waals surface area contributed by atoms with Crippen LogP contribution in [0.5, 0.6) is 0 Å². The summed E-state index contributed by atoms with van der Waals surface area (Å²) in [6, 6.07) is 0. The maximum absolute atomic E-state index is 11.2. The maximum atomic E-state index is 11.2. The van der Waals surface area contributed by atoms with Gasteiger partial charge in [-0.2, -0.15) is 0 Å². The third kappa shape index (κ3) is 16.5. The minimum atomic E-state index is -0.355. The Kier molecular flexibility index (Phi) is 20.0. The molecule has 0 spiro atoms. The van der Waals surface area contributed by atoms with Crippen LogP contribution in [0.15, 0.2) is 0 Å². The second-order valence-corrected chi connectivity index (χ2v) is 6.29. The van der Waals surface area contributed by atoms with Gasteiger partial charge in [0.1, 0.15) is 0 Å². The van der Waals surface area contributed by atoms with Gasteiger partial charge in [0.15, 0.2) is 0 Å². The van der Waals surface area contributed by atoms with E-state index in [0.717, 1.165) is 22.3 Å². The Labute approximate surface area is 146 Å². The van der Waals surface area contributed by atoms with Crippen LogP contribution in [0.25, 0.3) is 0 Å². The Morgan fingerprint density at radius 2 is 1.50 bits per heavy atom. The molecule has 1 radical (unpaired) electrons. The first-order valence-corrected chi connectivity index (χ1v) is 10.2. The minimum Gasteiger partial charge on any atom is 0 e. The molecule has 0 bridgehead atoms. The first-order valence-electron chi connectivity index (χ1n) is 7.00. The van der Waals surface area contributed by atoms with Gasteiger partial charge in [-0.3, -0.25) is 0 Å². The maximum Gasteiger partial charge on any atom is 0 e. The van der Waals surface area contributed by atoms with Crippen LogP contribution in [0.2, 0.25) is 0 Å². The van der Waals surface area contributed by atoms with E-state index in [1.807, 2.05) is 0 Å². The van der Waals surface area contributed by atoms with Crippen LogP contribution in [0, 0.1) is 0 Å². The van der Waals surface area contributed by atoms with Gasteiger partial charge in [0.05, 0.1) is 0 Å². The summed E-state index contributed by atoms with van der Waals surface area (Å²) in [5.41, 5.74) is 2.09. The van der Waals surface area contributed by atoms with E-state index in [1.165, 1.54) is 44.9 Å². The van der Waals surface area contributed by atoms with Crippen LogP contribution < -0.4 is 5.48 Å². The fourth-order valence-electron chi connectivity index (χ4n) is 1.75. The third-order valence-corrected chi connectivity index (χ3v) is 4.16. The Bertz CT molecular complexity index is 258. The van der Waals surface area contributed by atoms with E-state index in [1.54, 1.807) is 18.5 Å². The number of nitrogens with one attached hydrogen (secondary N) is 1. The molecule has 0 aliphatic heterocycles. The monoisotopic (exact) mass is 431 g/mol. The number of carbonyl (C=O) groups is 2. The fourth-order valence-corrected chi connectivity index (χ4v) is 2.07. The van der Waals surface area contributed by atoms with Crippen molar-refractivity contribution in [3.63, 3.8) is 0 Å². The molecule has 4 nitrogen and oxygen atoms in total. The number of hydrogen-bond donors (Lipinski definition) is 1. The van der Waals surface area contributed by atoms with Crippen molar-refractivity contribution >= 4 is 20.7 Å². The van der Waals surface area contributed by atoms with Crippen molar-refractivity contribution in [2.24, 2.45) is 0 Å². The molecule has 0 aromatic carbocycles. The molecule has 0 heterocycles. The van der Waals surface area contributed by atoms with Crippen molar-refractivity contribution in [2.75, 3.05) is 0 Å². The van der Waals surface area contributed by atoms with Gasteiger partial charge >= 0.3 is 104 Å². The van der Waals surface area contributed by atoms with Crippen LogP contribution in [0.1, 0.15) is 71.1 Å². The molecule has 0 aliphatic carbocycles. The van der Waals surface area contributed by atoms with Crippen LogP contribution in [-0.4, -0.2) is 11.2 Å². The number of hydrogen-bond acceptors (Lipinski definition) is 4. The summed E-state index contributed by atoms with van der Waals surface area (Å²) in [4.78, 5) is 26.7. The molecule has 1 amide bonds. The molecule has 0 aromatic rings. The van der Waals surface area contributed by atoms with Crippen molar-refractivity contribution in [1.29, 1.82) is 0 Å². The predicted molar refractivity (Wildman–Crippen MR) is 74.1 cm³/mol. The number of hydroxylamine groups is 1. The third-order valence-electron chi connectivity index (χ3n) is 2.81. The van der Waals surface area contributed by atoms with Gasteiger partial charge in [-0.15, -0.1) is 0 Å². The molecule has 0 fully saturated rings. The second kappa shape index (κ2) is 17.5. The molecule has 0 unspecified atom stereocenters. The van der Waals surface area contributed by atoms with Crippen molar-refractivity contribution < 1.29 is 49.7 Å². The number of rotatable bonds is 10. The first-order chi connectivity index (χ1) is 9.20. The van der Waals surface area contributed by atoms with Crippen LogP contribution in [-0.2, 0) is 44.9 Å². The normalized spacial score (nSPS) is 9.65. The van der Waals surface area contributed by atoms with E-state index in [-0.39, 0.29) is 28.0 Å². The zero-order valence-electron chi connectivity index (χ0n) is 11.9. The molecular formula is C13H24CoMoNO3S. The van der Waals surface area contributed by atoms with Crippen LogP contribution >= 0.6 is 9.47 Å². The Morgan fingerprint density at radius 3 is 2.00 bits per heavy atom. The molecule has 120 valence electrons. The van der Waals surface area contributed by atoms with Gasteiger partial charge in [-0.1, -0.05) is 26.2 Å². The van der Waals surface area contributed by atoms with Gasteiger partial charge in [0.2, 0.25) is 0 Å². The van der Waals surface area contributed by atoms with E-state index >= 15 is 0 Å². The molecular weight excluding hydrogens is 405 g/mol. The average Bonchev–Trinajstić information content (AvgIpc) is 2.42. The smallest absolute Gasteiger partial charge is 0 e. The fraction of sp³-hybridized carbons (Fsp3) is 0.846. The summed E-state index contributed by atoms with van der Waals surface area (Å²) >= 11 is 1.56. The molecule has 20 heavy (non-hydrogen) atoms. The minimum absolute atomic E-state index is 0. The van der Waals surface area contributed by atoms with Gasteiger partial charge in [0.25, 0.3) is 0 Å². The summed E-state index contributed by atoms with van der Waals surface area (Å²) in [6.45, 7) is 2.22. The van der Waals surface area contributed by atoms with Crippen LogP contribution in [0.3, 0.4) is 0 Å². The summed E-state index contributed by atoms with van der Waals surface area (Å²) in [5, 5.41) is -0.342. The van der Waals surface area contributed by atoms with Gasteiger partial charge in [-0.25, -0.2) is 0 Å². The molecule has 0 aliphatic rings. The standard InChI is InChI=1S/C13H25NO3S.Co.Mo/c1-2-3-4-5-6-7-8-9-10-11-12(15)17-14-13(16)18;;/h2-11H2,1H3,(H2,14,16,18);;/q;;+1/p-1. The Morgan fingerprint density at radius 1 is 1.00 bits per heavy atom. The Hall–Kier alpha value is 0.485. The summed E-state index contributed by atoms with van der Waals surface area (Å²) in [5.74, 6) is -0.355. The summed E-state index contributed by atoms with van der Waals surface area (Å²) in [6.07, 6.45) is 11.3. The van der Waals surface area contributed by atoms with E-state index in [0.29, 0.717) is 6.42 Å². The van der Waals surface area contributed by atoms with E-state index < -0.39 is 0 Å². The summed E-state index contributed by atoms with van der Waals surface area (Å²) in [7, 11) is 0.992. The number of carbonyl (C=O) groups excluding carboxylic acids is 2. The van der Waals surface area contributed by atoms with Gasteiger partial charge < -0.3 is 0 Å². The van der Waals surface area contributed by atoms with E-state index in [2.05, 4.69) is 17.2 Å². The average molecular weight is 429 g/mol. The predicted octanol–water partition coefficient (Wildman–Crippen LogP) is 4.27.